The Hall–Kier alpha value is -2.58. The molecule has 1 nitrogen and oxygen atoms in total. The van der Waals surface area contributed by atoms with Gasteiger partial charge in [0.1, 0.15) is 0 Å². The number of hydrogen-bond acceptors (Lipinski definition) is 2. The Morgan fingerprint density at radius 2 is 1.27 bits per heavy atom. The summed E-state index contributed by atoms with van der Waals surface area (Å²) in [7, 11) is 0. The van der Waals surface area contributed by atoms with Gasteiger partial charge in [-0.1, -0.05) is 91.0 Å². The van der Waals surface area contributed by atoms with Gasteiger partial charge in [0, 0.05) is 17.2 Å². The van der Waals surface area contributed by atoms with Gasteiger partial charge in [0.25, 0.3) is 0 Å². The minimum absolute atomic E-state index is 0.0582. The molecule has 3 aromatic rings. The van der Waals surface area contributed by atoms with Crippen molar-refractivity contribution in [2.24, 2.45) is 0 Å². The SMILES string of the molecule is O=C1C[C@H](c2ccccc2)S[C@H](c2ccccc2)/C1=C/c1ccccc1. The maximum absolute atomic E-state index is 13.1. The lowest BCUT2D eigenvalue weighted by Crippen LogP contribution is -2.19. The Morgan fingerprint density at radius 1 is 0.731 bits per heavy atom. The Balaban J connectivity index is 1.74. The van der Waals surface area contributed by atoms with Crippen molar-refractivity contribution in [3.8, 4) is 0 Å². The number of ketones is 1. The lowest BCUT2D eigenvalue weighted by Gasteiger charge is -2.31. The summed E-state index contributed by atoms with van der Waals surface area (Å²) < 4.78 is 0. The van der Waals surface area contributed by atoms with Crippen molar-refractivity contribution in [1.29, 1.82) is 0 Å². The quantitative estimate of drug-likeness (QED) is 0.515. The van der Waals surface area contributed by atoms with E-state index in [2.05, 4.69) is 42.5 Å². The largest absolute Gasteiger partial charge is 0.294 e. The molecular weight excluding hydrogens is 336 g/mol. The second kappa shape index (κ2) is 7.76. The molecule has 0 radical (unpaired) electrons. The number of benzene rings is 3. The zero-order valence-electron chi connectivity index (χ0n) is 14.4. The fraction of sp³-hybridized carbons (Fsp3) is 0.125. The van der Waals surface area contributed by atoms with Crippen LogP contribution in [-0.2, 0) is 4.79 Å². The first kappa shape index (κ1) is 16.9. The molecule has 2 heteroatoms. The molecule has 0 spiro atoms. The van der Waals surface area contributed by atoms with E-state index >= 15 is 0 Å². The Bertz CT molecular complexity index is 901. The van der Waals surface area contributed by atoms with E-state index in [1.165, 1.54) is 11.1 Å². The number of hydrogen-bond donors (Lipinski definition) is 0. The summed E-state index contributed by atoms with van der Waals surface area (Å²) in [6, 6.07) is 30.9. The molecule has 0 bridgehead atoms. The third-order valence-electron chi connectivity index (χ3n) is 4.67. The van der Waals surface area contributed by atoms with E-state index in [0.29, 0.717) is 6.42 Å². The smallest absolute Gasteiger partial charge is 0.161 e. The number of rotatable bonds is 3. The fourth-order valence-corrected chi connectivity index (χ4v) is 4.90. The van der Waals surface area contributed by atoms with Crippen molar-refractivity contribution in [3.05, 3.63) is 113 Å². The molecule has 0 unspecified atom stereocenters. The fourth-order valence-electron chi connectivity index (χ4n) is 3.35. The van der Waals surface area contributed by atoms with Crippen LogP contribution < -0.4 is 0 Å². The molecular formula is C24H20OS. The van der Waals surface area contributed by atoms with Gasteiger partial charge in [-0.15, -0.1) is 11.8 Å². The van der Waals surface area contributed by atoms with Crippen LogP contribution >= 0.6 is 11.8 Å². The third kappa shape index (κ3) is 3.66. The molecule has 1 heterocycles. The second-order valence-electron chi connectivity index (χ2n) is 6.46. The molecule has 0 saturated carbocycles. The highest BCUT2D eigenvalue weighted by Gasteiger charge is 2.34. The van der Waals surface area contributed by atoms with Crippen LogP contribution in [0, 0.1) is 0 Å². The first-order chi connectivity index (χ1) is 12.8. The minimum atomic E-state index is 0.0582. The van der Waals surface area contributed by atoms with Crippen LogP contribution in [0.1, 0.15) is 33.6 Å². The summed E-state index contributed by atoms with van der Waals surface area (Å²) >= 11 is 1.88. The minimum Gasteiger partial charge on any atom is -0.294 e. The van der Waals surface area contributed by atoms with Gasteiger partial charge >= 0.3 is 0 Å². The van der Waals surface area contributed by atoms with Crippen molar-refractivity contribution in [3.63, 3.8) is 0 Å². The van der Waals surface area contributed by atoms with Gasteiger partial charge in [-0.3, -0.25) is 4.79 Å². The van der Waals surface area contributed by atoms with Gasteiger partial charge in [-0.25, -0.2) is 0 Å². The van der Waals surface area contributed by atoms with E-state index in [9.17, 15) is 4.79 Å². The lowest BCUT2D eigenvalue weighted by atomic mass is 9.94. The molecule has 0 N–H and O–H groups in total. The Kier molecular flexibility index (Phi) is 5.03. The summed E-state index contributed by atoms with van der Waals surface area (Å²) in [6.45, 7) is 0. The highest BCUT2D eigenvalue weighted by atomic mass is 32.2. The van der Waals surface area contributed by atoms with Gasteiger partial charge in [0.2, 0.25) is 0 Å². The average molecular weight is 356 g/mol. The summed E-state index contributed by atoms with van der Waals surface area (Å²) in [5.74, 6) is 0.246. The molecule has 4 rings (SSSR count). The van der Waals surface area contributed by atoms with E-state index in [4.69, 9.17) is 0 Å². The van der Waals surface area contributed by atoms with E-state index in [0.717, 1.165) is 11.1 Å². The normalized spacial score (nSPS) is 21.7. The zero-order chi connectivity index (χ0) is 17.8. The third-order valence-corrected chi connectivity index (χ3v) is 6.24. The van der Waals surface area contributed by atoms with Crippen LogP contribution in [0.25, 0.3) is 6.08 Å². The Morgan fingerprint density at radius 3 is 1.88 bits per heavy atom. The van der Waals surface area contributed by atoms with Gasteiger partial charge < -0.3 is 0 Å². The van der Waals surface area contributed by atoms with Crippen LogP contribution in [0.5, 0.6) is 0 Å². The average Bonchev–Trinajstić information content (AvgIpc) is 2.71. The molecule has 0 aliphatic carbocycles. The van der Waals surface area contributed by atoms with Crippen LogP contribution in [-0.4, -0.2) is 5.78 Å². The van der Waals surface area contributed by atoms with E-state index < -0.39 is 0 Å². The maximum atomic E-state index is 13.1. The van der Waals surface area contributed by atoms with Crippen molar-refractivity contribution in [1.82, 2.24) is 0 Å². The van der Waals surface area contributed by atoms with E-state index in [1.807, 2.05) is 66.4 Å². The van der Waals surface area contributed by atoms with Gasteiger partial charge in [-0.2, -0.15) is 0 Å². The molecule has 2 atom stereocenters. The highest BCUT2D eigenvalue weighted by molar-refractivity contribution is 8.00. The lowest BCUT2D eigenvalue weighted by molar-refractivity contribution is -0.115. The van der Waals surface area contributed by atoms with Crippen LogP contribution in [0.4, 0.5) is 0 Å². The second-order valence-corrected chi connectivity index (χ2v) is 7.78. The number of carbonyl (C=O) groups excluding carboxylic acids is 1. The number of thioether (sulfide) groups is 1. The number of Topliss-reactive ketones (excluding diaryl/α,β-unsaturated/α-hetero) is 1. The molecule has 1 saturated heterocycles. The molecule has 1 fully saturated rings. The van der Waals surface area contributed by atoms with Crippen LogP contribution in [0.15, 0.2) is 96.6 Å². The van der Waals surface area contributed by atoms with Crippen molar-refractivity contribution in [2.45, 2.75) is 16.9 Å². The predicted molar refractivity (Wildman–Crippen MR) is 110 cm³/mol. The van der Waals surface area contributed by atoms with Crippen molar-refractivity contribution < 1.29 is 4.79 Å². The monoisotopic (exact) mass is 356 g/mol. The van der Waals surface area contributed by atoms with E-state index in [1.54, 1.807) is 0 Å². The highest BCUT2D eigenvalue weighted by Crippen LogP contribution is 2.51. The van der Waals surface area contributed by atoms with E-state index in [-0.39, 0.29) is 16.3 Å². The maximum Gasteiger partial charge on any atom is 0.161 e. The van der Waals surface area contributed by atoms with Gasteiger partial charge in [-0.05, 0) is 22.8 Å². The summed E-state index contributed by atoms with van der Waals surface area (Å²) in [4.78, 5) is 13.1. The molecule has 0 amide bonds. The molecule has 26 heavy (non-hydrogen) atoms. The first-order valence-corrected chi connectivity index (χ1v) is 9.81. The summed E-state index contributed by atoms with van der Waals surface area (Å²) in [5, 5.41) is 0.254. The Labute approximate surface area is 158 Å². The molecule has 128 valence electrons. The first-order valence-electron chi connectivity index (χ1n) is 8.86. The van der Waals surface area contributed by atoms with Gasteiger partial charge in [0.15, 0.2) is 5.78 Å². The predicted octanol–water partition coefficient (Wildman–Crippen LogP) is 6.26. The zero-order valence-corrected chi connectivity index (χ0v) is 15.2. The molecule has 3 aromatic carbocycles. The van der Waals surface area contributed by atoms with Crippen LogP contribution in [0.2, 0.25) is 0 Å². The molecule has 0 aromatic heterocycles. The molecule has 1 aliphatic rings. The molecule has 1 aliphatic heterocycles. The standard InChI is InChI=1S/C24H20OS/c25-22-17-23(19-12-6-2-7-13-19)26-24(20-14-8-3-9-15-20)21(22)16-18-10-4-1-5-11-18/h1-16,23-24H,17H2/b21-16+/t23-,24-/m1/s1. The van der Waals surface area contributed by atoms with Crippen LogP contribution in [0.3, 0.4) is 0 Å². The van der Waals surface area contributed by atoms with Gasteiger partial charge in [0.05, 0.1) is 5.25 Å². The topological polar surface area (TPSA) is 17.1 Å². The van der Waals surface area contributed by atoms with Crippen molar-refractivity contribution >= 4 is 23.6 Å². The summed E-state index contributed by atoms with van der Waals surface area (Å²) in [6.07, 6.45) is 2.62. The van der Waals surface area contributed by atoms with Crippen molar-refractivity contribution in [2.75, 3.05) is 0 Å². The summed E-state index contributed by atoms with van der Waals surface area (Å²) in [5.41, 5.74) is 4.40. The number of carbonyl (C=O) groups is 1.